The Morgan fingerprint density at radius 2 is 2.05 bits per heavy atom. The number of hydrogen-bond donors (Lipinski definition) is 0. The quantitative estimate of drug-likeness (QED) is 0.707. The highest BCUT2D eigenvalue weighted by atomic mass is 16.6. The van der Waals surface area contributed by atoms with Crippen molar-refractivity contribution >= 4 is 17.8 Å². The fourth-order valence-electron chi connectivity index (χ4n) is 2.42. The topological polar surface area (TPSA) is 66.9 Å². The first-order valence-corrected chi connectivity index (χ1v) is 6.61. The molecule has 6 heteroatoms. The van der Waals surface area contributed by atoms with Gasteiger partial charge in [-0.25, -0.2) is 4.79 Å². The molecule has 0 N–H and O–H groups in total. The molecule has 0 aromatic carbocycles. The van der Waals surface area contributed by atoms with Crippen LogP contribution in [0.5, 0.6) is 0 Å². The molecule has 0 spiro atoms. The molecule has 1 aliphatic heterocycles. The van der Waals surface area contributed by atoms with Crippen molar-refractivity contribution in [2.75, 3.05) is 27.2 Å². The van der Waals surface area contributed by atoms with Gasteiger partial charge in [-0.1, -0.05) is 12.7 Å². The molecule has 2 atom stereocenters. The van der Waals surface area contributed by atoms with E-state index < -0.39 is 12.1 Å². The third-order valence-corrected chi connectivity index (χ3v) is 3.25. The zero-order valence-corrected chi connectivity index (χ0v) is 12.3. The van der Waals surface area contributed by atoms with Crippen LogP contribution in [0.15, 0.2) is 12.7 Å². The van der Waals surface area contributed by atoms with Gasteiger partial charge in [0.05, 0.1) is 0 Å². The summed E-state index contributed by atoms with van der Waals surface area (Å²) in [6, 6.07) is -0.549. The number of amides is 2. The van der Waals surface area contributed by atoms with E-state index in [1.54, 1.807) is 14.1 Å². The van der Waals surface area contributed by atoms with E-state index in [1.807, 2.05) is 0 Å². The van der Waals surface area contributed by atoms with Gasteiger partial charge in [0.15, 0.2) is 0 Å². The van der Waals surface area contributed by atoms with Crippen LogP contribution in [0.2, 0.25) is 0 Å². The number of Topliss-reactive ketones (excluding diaryl/α,β-unsaturated/α-hetero) is 1. The van der Waals surface area contributed by atoms with Gasteiger partial charge in [0.2, 0.25) is 5.91 Å². The van der Waals surface area contributed by atoms with Crippen LogP contribution < -0.4 is 0 Å². The summed E-state index contributed by atoms with van der Waals surface area (Å²) in [5.41, 5.74) is 0. The second-order valence-corrected chi connectivity index (χ2v) is 5.27. The fraction of sp³-hybridized carbons (Fsp3) is 0.643. The SMILES string of the molecule is C=CCOC(=O)N1C[C@H](CC(C)=O)C[C@H]1C(=O)N(C)C. The van der Waals surface area contributed by atoms with Gasteiger partial charge >= 0.3 is 6.09 Å². The van der Waals surface area contributed by atoms with Crippen molar-refractivity contribution in [3.05, 3.63) is 12.7 Å². The van der Waals surface area contributed by atoms with Crippen LogP contribution in [-0.4, -0.2) is 60.9 Å². The Kier molecular flexibility index (Phi) is 5.73. The normalized spacial score (nSPS) is 21.4. The maximum atomic E-state index is 12.1. The van der Waals surface area contributed by atoms with Gasteiger partial charge in [0.1, 0.15) is 18.4 Å². The molecule has 1 aliphatic rings. The molecule has 1 fully saturated rings. The molecule has 0 bridgehead atoms. The number of carbonyl (C=O) groups is 3. The predicted octanol–water partition coefficient (Wildman–Crippen LogP) is 1.07. The van der Waals surface area contributed by atoms with Crippen LogP contribution in [0.1, 0.15) is 19.8 Å². The van der Waals surface area contributed by atoms with Gasteiger partial charge in [-0.3, -0.25) is 9.69 Å². The Morgan fingerprint density at radius 3 is 2.55 bits per heavy atom. The monoisotopic (exact) mass is 282 g/mol. The first-order valence-electron chi connectivity index (χ1n) is 6.61. The molecule has 20 heavy (non-hydrogen) atoms. The number of rotatable bonds is 5. The summed E-state index contributed by atoms with van der Waals surface area (Å²) in [6.07, 6.45) is 1.82. The maximum absolute atomic E-state index is 12.1. The number of ether oxygens (including phenoxy) is 1. The Hall–Kier alpha value is -1.85. The van der Waals surface area contributed by atoms with Crippen molar-refractivity contribution in [3.63, 3.8) is 0 Å². The molecule has 0 saturated carbocycles. The van der Waals surface area contributed by atoms with Gasteiger partial charge in [-0.05, 0) is 19.3 Å². The summed E-state index contributed by atoms with van der Waals surface area (Å²) < 4.78 is 5.00. The van der Waals surface area contributed by atoms with E-state index >= 15 is 0 Å². The molecule has 0 radical (unpaired) electrons. The standard InChI is InChI=1S/C14H22N2O4/c1-5-6-20-14(19)16-9-11(7-10(2)17)8-12(16)13(18)15(3)4/h5,11-12H,1,6-9H2,2-4H3/t11-,12+/m1/s1. The van der Waals surface area contributed by atoms with Gasteiger partial charge < -0.3 is 14.4 Å². The molecule has 1 rings (SSSR count). The molecule has 0 aliphatic carbocycles. The number of carbonyl (C=O) groups excluding carboxylic acids is 3. The Labute approximate surface area is 119 Å². The fourth-order valence-corrected chi connectivity index (χ4v) is 2.42. The number of hydrogen-bond acceptors (Lipinski definition) is 4. The van der Waals surface area contributed by atoms with Crippen molar-refractivity contribution in [2.24, 2.45) is 5.92 Å². The first kappa shape index (κ1) is 16.2. The minimum atomic E-state index is -0.549. The van der Waals surface area contributed by atoms with E-state index in [4.69, 9.17) is 4.74 Å². The van der Waals surface area contributed by atoms with Gasteiger partial charge in [-0.2, -0.15) is 0 Å². The van der Waals surface area contributed by atoms with Crippen LogP contribution in [-0.2, 0) is 14.3 Å². The zero-order valence-electron chi connectivity index (χ0n) is 12.3. The average Bonchev–Trinajstić information content (AvgIpc) is 2.77. The second kappa shape index (κ2) is 7.07. The molecule has 0 aromatic rings. The summed E-state index contributed by atoms with van der Waals surface area (Å²) in [5, 5.41) is 0. The zero-order chi connectivity index (χ0) is 15.3. The molecule has 1 saturated heterocycles. The minimum absolute atomic E-state index is 0.0117. The van der Waals surface area contributed by atoms with Crippen LogP contribution in [0, 0.1) is 5.92 Å². The van der Waals surface area contributed by atoms with E-state index in [0.717, 1.165) is 0 Å². The molecular weight excluding hydrogens is 260 g/mol. The Balaban J connectivity index is 2.80. The first-order chi connectivity index (χ1) is 9.36. The lowest BCUT2D eigenvalue weighted by Crippen LogP contribution is -2.45. The van der Waals surface area contributed by atoms with Crippen LogP contribution in [0.3, 0.4) is 0 Å². The summed E-state index contributed by atoms with van der Waals surface area (Å²) in [4.78, 5) is 38.2. The molecule has 1 heterocycles. The van der Waals surface area contributed by atoms with Gasteiger partial charge in [0, 0.05) is 27.1 Å². The van der Waals surface area contributed by atoms with E-state index in [9.17, 15) is 14.4 Å². The maximum Gasteiger partial charge on any atom is 0.410 e. The van der Waals surface area contributed by atoms with Crippen molar-refractivity contribution in [3.8, 4) is 0 Å². The summed E-state index contributed by atoms with van der Waals surface area (Å²) in [7, 11) is 3.29. The minimum Gasteiger partial charge on any atom is -0.445 e. The van der Waals surface area contributed by atoms with E-state index in [2.05, 4.69) is 6.58 Å². The molecule has 2 amide bonds. The van der Waals surface area contributed by atoms with E-state index in [-0.39, 0.29) is 24.2 Å². The molecule has 6 nitrogen and oxygen atoms in total. The van der Waals surface area contributed by atoms with E-state index in [0.29, 0.717) is 19.4 Å². The molecule has 112 valence electrons. The summed E-state index contributed by atoms with van der Waals surface area (Å²) >= 11 is 0. The van der Waals surface area contributed by atoms with Crippen LogP contribution in [0.4, 0.5) is 4.79 Å². The predicted molar refractivity (Wildman–Crippen MR) is 74.1 cm³/mol. The third-order valence-electron chi connectivity index (χ3n) is 3.25. The highest BCUT2D eigenvalue weighted by Crippen LogP contribution is 2.27. The van der Waals surface area contributed by atoms with Crippen LogP contribution in [0.25, 0.3) is 0 Å². The number of likely N-dealkylation sites (tertiary alicyclic amines) is 1. The lowest BCUT2D eigenvalue weighted by atomic mass is 9.99. The van der Waals surface area contributed by atoms with Crippen molar-refractivity contribution < 1.29 is 19.1 Å². The average molecular weight is 282 g/mol. The number of likely N-dealkylation sites (N-methyl/N-ethyl adjacent to an activating group) is 1. The third kappa shape index (κ3) is 4.08. The molecular formula is C14H22N2O4. The lowest BCUT2D eigenvalue weighted by molar-refractivity contribution is -0.133. The smallest absolute Gasteiger partial charge is 0.410 e. The van der Waals surface area contributed by atoms with Crippen molar-refractivity contribution in [2.45, 2.75) is 25.8 Å². The highest BCUT2D eigenvalue weighted by molar-refractivity contribution is 5.86. The van der Waals surface area contributed by atoms with Crippen LogP contribution >= 0.6 is 0 Å². The second-order valence-electron chi connectivity index (χ2n) is 5.27. The van der Waals surface area contributed by atoms with Gasteiger partial charge in [0.25, 0.3) is 0 Å². The molecule has 0 unspecified atom stereocenters. The number of nitrogens with zero attached hydrogens (tertiary/aromatic N) is 2. The Morgan fingerprint density at radius 1 is 1.40 bits per heavy atom. The summed E-state index contributed by atoms with van der Waals surface area (Å²) in [6.45, 7) is 5.48. The highest BCUT2D eigenvalue weighted by Gasteiger charge is 2.41. The lowest BCUT2D eigenvalue weighted by Gasteiger charge is -2.25. The largest absolute Gasteiger partial charge is 0.445 e. The molecule has 0 aromatic heterocycles. The van der Waals surface area contributed by atoms with Crippen molar-refractivity contribution in [1.29, 1.82) is 0 Å². The van der Waals surface area contributed by atoms with Gasteiger partial charge in [-0.15, -0.1) is 0 Å². The Bertz CT molecular complexity index is 406. The summed E-state index contributed by atoms with van der Waals surface area (Å²) in [5.74, 6) is -0.0725. The van der Waals surface area contributed by atoms with Crippen molar-refractivity contribution in [1.82, 2.24) is 9.80 Å². The number of ketones is 1. The van der Waals surface area contributed by atoms with E-state index in [1.165, 1.54) is 22.8 Å².